The summed E-state index contributed by atoms with van der Waals surface area (Å²) >= 11 is 0. The number of aliphatic carboxylic acids is 1. The predicted octanol–water partition coefficient (Wildman–Crippen LogP) is 2.14. The summed E-state index contributed by atoms with van der Waals surface area (Å²) in [6.45, 7) is 13.9. The Morgan fingerprint density at radius 3 is 1.46 bits per heavy atom. The molecule has 0 bridgehead atoms. The Morgan fingerprint density at radius 2 is 1.13 bits per heavy atom. The summed E-state index contributed by atoms with van der Waals surface area (Å²) in [6, 6.07) is 0. The third-order valence-corrected chi connectivity index (χ3v) is 3.21. The fourth-order valence-corrected chi connectivity index (χ4v) is 1.96. The van der Waals surface area contributed by atoms with E-state index in [1.54, 1.807) is 52.0 Å². The molecule has 0 aliphatic rings. The zero-order chi connectivity index (χ0) is 28.0. The molecule has 0 unspecified atom stereocenters. The Kier molecular flexibility index (Phi) is 31.3. The molecule has 0 spiro atoms. The molecule has 11 nitrogen and oxygen atoms in total. The summed E-state index contributed by atoms with van der Waals surface area (Å²) in [4.78, 5) is 43.5. The van der Waals surface area contributed by atoms with Gasteiger partial charge in [0.05, 0.1) is 6.61 Å². The maximum absolute atomic E-state index is 11.3. The number of carboxylic acid groups (broad SMARTS) is 1. The van der Waals surface area contributed by atoms with Gasteiger partial charge in [-0.05, 0) is 61.3 Å². The first-order valence-corrected chi connectivity index (χ1v) is 11.7. The Balaban J connectivity index is -0.000000184. The molecular weight excluding hydrogens is 503 g/mol. The van der Waals surface area contributed by atoms with Crippen LogP contribution in [0.1, 0.15) is 68.7 Å². The number of alkyl carbamates (subject to hydrolysis) is 2. The van der Waals surface area contributed by atoms with Crippen molar-refractivity contribution in [2.24, 2.45) is 0 Å². The van der Waals surface area contributed by atoms with Gasteiger partial charge in [-0.2, -0.15) is 0 Å². The van der Waals surface area contributed by atoms with Gasteiger partial charge in [-0.1, -0.05) is 43.9 Å². The van der Waals surface area contributed by atoms with E-state index in [2.05, 4.69) is 10.6 Å². The zero-order valence-corrected chi connectivity index (χ0v) is 23.9. The number of hydrogen-bond donors (Lipinski definition) is 3. The first kappa shape index (κ1) is 45.9. The third-order valence-electron chi connectivity index (χ3n) is 3.21. The monoisotopic (exact) mass is 550 g/mol. The Labute approximate surface area is 245 Å². The molecule has 0 radical (unpaired) electrons. The van der Waals surface area contributed by atoms with Crippen LogP contribution in [-0.4, -0.2) is 65.6 Å². The minimum atomic E-state index is -0.985. The van der Waals surface area contributed by atoms with E-state index in [1.807, 2.05) is 26.8 Å². The topological polar surface area (TPSA) is 170 Å². The van der Waals surface area contributed by atoms with Gasteiger partial charge in [0.15, 0.2) is 0 Å². The number of carbonyl (C=O) groups is 4. The van der Waals surface area contributed by atoms with Crippen molar-refractivity contribution in [3.8, 4) is 0 Å². The zero-order valence-electron chi connectivity index (χ0n) is 23.9. The Morgan fingerprint density at radius 1 is 0.744 bits per heavy atom. The number of nitrogens with one attached hydrogen (secondary N) is 2. The second-order valence-electron chi connectivity index (χ2n) is 9.10. The summed E-state index contributed by atoms with van der Waals surface area (Å²) in [5, 5.41) is 13.5. The summed E-state index contributed by atoms with van der Waals surface area (Å²) in [7, 11) is 0. The van der Waals surface area contributed by atoms with Gasteiger partial charge in [0.2, 0.25) is 0 Å². The van der Waals surface area contributed by atoms with E-state index in [0.717, 1.165) is 6.08 Å². The van der Waals surface area contributed by atoms with E-state index in [0.29, 0.717) is 32.5 Å². The van der Waals surface area contributed by atoms with E-state index < -0.39 is 29.4 Å². The number of esters is 1. The van der Waals surface area contributed by atoms with Crippen molar-refractivity contribution in [2.75, 3.05) is 19.7 Å². The molecule has 0 fully saturated rings. The van der Waals surface area contributed by atoms with E-state index in [4.69, 9.17) is 19.3 Å². The van der Waals surface area contributed by atoms with Crippen LogP contribution in [0, 0.1) is 0 Å². The number of carbonyl (C=O) groups excluding carboxylic acids is 3. The molecule has 0 aromatic heterocycles. The minimum Gasteiger partial charge on any atom is -0.870 e. The first-order chi connectivity index (χ1) is 16.7. The standard InChI is InChI=1S/C14H23NO4.C12H19NO4.CH4.Li.H2O/c1-5-18-12(16)10-8-6-7-9-11-15-13(17)19-14(2,3)4;1-12(2,3)17-11(16)13-9-7-5-4-6-8-10(14)15;;;/h6-8,10H,5,9,11H2,1-4H3,(H,15,17);4-6,8H,7,9H2,1-3H3,(H,13,16)(H,14,15);1H4;;1H2/q;;;+1;/p-1/b7-6+,10-8+;5-4+,8-6+;;;. The van der Waals surface area contributed by atoms with Crippen molar-refractivity contribution in [2.45, 2.75) is 79.9 Å². The van der Waals surface area contributed by atoms with Crippen molar-refractivity contribution < 1.29 is 62.8 Å². The summed E-state index contributed by atoms with van der Waals surface area (Å²) in [6.07, 6.45) is 12.8. The summed E-state index contributed by atoms with van der Waals surface area (Å²) < 4.78 is 14.8. The predicted molar refractivity (Wildman–Crippen MR) is 147 cm³/mol. The maximum Gasteiger partial charge on any atom is 1.00 e. The molecule has 0 aliphatic heterocycles. The van der Waals surface area contributed by atoms with E-state index in [9.17, 15) is 19.2 Å². The van der Waals surface area contributed by atoms with Gasteiger partial charge in [-0.3, -0.25) is 0 Å². The molecule has 39 heavy (non-hydrogen) atoms. The van der Waals surface area contributed by atoms with E-state index in [-0.39, 0.29) is 37.7 Å². The van der Waals surface area contributed by atoms with Crippen LogP contribution in [0.25, 0.3) is 0 Å². The van der Waals surface area contributed by atoms with Crippen LogP contribution < -0.4 is 29.5 Å². The molecule has 2 amide bonds. The van der Waals surface area contributed by atoms with Crippen molar-refractivity contribution in [3.05, 3.63) is 48.6 Å². The molecule has 0 aromatic carbocycles. The third kappa shape index (κ3) is 42.3. The van der Waals surface area contributed by atoms with Crippen molar-refractivity contribution in [1.29, 1.82) is 0 Å². The van der Waals surface area contributed by atoms with Gasteiger partial charge in [-0.25, -0.2) is 19.2 Å². The molecule has 0 rings (SSSR count). The van der Waals surface area contributed by atoms with Crippen LogP contribution in [0.4, 0.5) is 9.59 Å². The van der Waals surface area contributed by atoms with E-state index >= 15 is 0 Å². The summed E-state index contributed by atoms with van der Waals surface area (Å²) in [5.41, 5.74) is -0.980. The average molecular weight is 551 g/mol. The van der Waals surface area contributed by atoms with Gasteiger partial charge in [0.25, 0.3) is 0 Å². The second-order valence-corrected chi connectivity index (χ2v) is 9.10. The molecule has 0 saturated heterocycles. The van der Waals surface area contributed by atoms with Crippen LogP contribution in [0.5, 0.6) is 0 Å². The number of carboxylic acids is 1. The van der Waals surface area contributed by atoms with Crippen molar-refractivity contribution in [3.63, 3.8) is 0 Å². The van der Waals surface area contributed by atoms with Gasteiger partial charge in [-0.15, -0.1) is 0 Å². The smallest absolute Gasteiger partial charge is 0.870 e. The SMILES string of the molecule is C.CC(C)(C)OC(=O)NCC/C=C/C=C/C(=O)O.CCOC(=O)/C=C/C=C/CCNC(=O)OC(C)(C)C.[Li+].[OH-]. The van der Waals surface area contributed by atoms with Gasteiger partial charge >= 0.3 is 43.0 Å². The Bertz CT molecular complexity index is 794. The Hall–Kier alpha value is -3.00. The van der Waals surface area contributed by atoms with Crippen LogP contribution in [0.15, 0.2) is 48.6 Å². The van der Waals surface area contributed by atoms with Crippen LogP contribution in [-0.2, 0) is 23.8 Å². The van der Waals surface area contributed by atoms with Crippen molar-refractivity contribution in [1.82, 2.24) is 10.6 Å². The number of allylic oxidation sites excluding steroid dienone is 4. The molecule has 220 valence electrons. The normalized spacial score (nSPS) is 10.9. The average Bonchev–Trinajstić information content (AvgIpc) is 2.70. The molecular formula is C27H47LiN2O9. The van der Waals surface area contributed by atoms with Gasteiger partial charge in [0.1, 0.15) is 11.2 Å². The number of amides is 2. The second kappa shape index (κ2) is 26.6. The molecule has 4 N–H and O–H groups in total. The van der Waals surface area contributed by atoms with E-state index in [1.165, 1.54) is 12.2 Å². The van der Waals surface area contributed by atoms with Gasteiger partial charge in [0, 0.05) is 25.2 Å². The quantitative estimate of drug-likeness (QED) is 0.0871. The number of rotatable bonds is 11. The van der Waals surface area contributed by atoms with Crippen LogP contribution >= 0.6 is 0 Å². The number of ether oxygens (including phenoxy) is 3. The number of hydrogen-bond acceptors (Lipinski definition) is 8. The minimum absolute atomic E-state index is 0. The maximum atomic E-state index is 11.3. The van der Waals surface area contributed by atoms with Crippen molar-refractivity contribution >= 4 is 24.1 Å². The molecule has 0 aliphatic carbocycles. The van der Waals surface area contributed by atoms with Crippen LogP contribution in [0.3, 0.4) is 0 Å². The molecule has 12 heteroatoms. The molecule has 0 atom stereocenters. The fourth-order valence-electron chi connectivity index (χ4n) is 1.96. The van der Waals surface area contributed by atoms with Crippen LogP contribution in [0.2, 0.25) is 0 Å². The molecule has 0 saturated carbocycles. The largest absolute Gasteiger partial charge is 1.00 e. The fraction of sp³-hybridized carbons (Fsp3) is 0.556. The molecule has 0 heterocycles. The van der Waals surface area contributed by atoms with Gasteiger partial charge < -0.3 is 35.4 Å². The summed E-state index contributed by atoms with van der Waals surface area (Å²) in [5.74, 6) is -1.35. The molecule has 0 aromatic rings. The first-order valence-electron chi connectivity index (χ1n) is 11.7.